The Kier molecular flexibility index (Phi) is 4.47. The quantitative estimate of drug-likeness (QED) is 0.762. The zero-order valence-electron chi connectivity index (χ0n) is 14.2. The Morgan fingerprint density at radius 3 is 2.73 bits per heavy atom. The molecule has 134 valence electrons. The predicted molar refractivity (Wildman–Crippen MR) is 95.6 cm³/mol. The number of nitrogens with one attached hydrogen (secondary N) is 1. The van der Waals surface area contributed by atoms with Crippen LogP contribution in [0.2, 0.25) is 0 Å². The maximum Gasteiger partial charge on any atom is 0.224 e. The summed E-state index contributed by atoms with van der Waals surface area (Å²) in [5, 5.41) is 15.4. The Morgan fingerprint density at radius 1 is 1.12 bits per heavy atom. The highest BCUT2D eigenvalue weighted by Gasteiger charge is 2.16. The normalized spacial score (nSPS) is 14.1. The molecule has 1 aliphatic heterocycles. The zero-order chi connectivity index (χ0) is 17.9. The largest absolute Gasteiger partial charge is 0.355 e. The van der Waals surface area contributed by atoms with Crippen molar-refractivity contribution in [1.29, 1.82) is 0 Å². The van der Waals surface area contributed by atoms with Crippen molar-refractivity contribution < 1.29 is 9.18 Å². The topological polar surface area (TPSA) is 75.4 Å². The SMILES string of the molecule is O=C(CCc1nnc2ccc(N3CCCC3)nn12)Nc1ccccc1F. The van der Waals surface area contributed by atoms with E-state index < -0.39 is 5.82 Å². The number of rotatable bonds is 5. The van der Waals surface area contributed by atoms with Crippen molar-refractivity contribution in [3.05, 3.63) is 48.0 Å². The van der Waals surface area contributed by atoms with Gasteiger partial charge in [0.05, 0.1) is 5.69 Å². The van der Waals surface area contributed by atoms with Crippen LogP contribution in [0, 0.1) is 5.82 Å². The number of amides is 1. The van der Waals surface area contributed by atoms with Gasteiger partial charge in [-0.05, 0) is 37.1 Å². The molecule has 3 aromatic rings. The Bertz CT molecular complexity index is 934. The van der Waals surface area contributed by atoms with E-state index in [-0.39, 0.29) is 18.0 Å². The van der Waals surface area contributed by atoms with Gasteiger partial charge in [-0.3, -0.25) is 4.79 Å². The monoisotopic (exact) mass is 354 g/mol. The molecule has 0 atom stereocenters. The molecule has 1 amide bonds. The summed E-state index contributed by atoms with van der Waals surface area (Å²) in [7, 11) is 0. The fourth-order valence-electron chi connectivity index (χ4n) is 3.10. The zero-order valence-corrected chi connectivity index (χ0v) is 14.2. The first kappa shape index (κ1) is 16.4. The summed E-state index contributed by atoms with van der Waals surface area (Å²) < 4.78 is 15.3. The first-order valence-electron chi connectivity index (χ1n) is 8.71. The molecule has 7 nitrogen and oxygen atoms in total. The van der Waals surface area contributed by atoms with E-state index in [1.54, 1.807) is 16.6 Å². The van der Waals surface area contributed by atoms with Crippen LogP contribution in [-0.4, -0.2) is 38.8 Å². The summed E-state index contributed by atoms with van der Waals surface area (Å²) >= 11 is 0. The van der Waals surface area contributed by atoms with Crippen LogP contribution in [0.4, 0.5) is 15.9 Å². The van der Waals surface area contributed by atoms with Crippen LogP contribution in [0.5, 0.6) is 0 Å². The molecular weight excluding hydrogens is 335 g/mol. The minimum absolute atomic E-state index is 0.171. The number of para-hydroxylation sites is 1. The first-order chi connectivity index (χ1) is 12.7. The highest BCUT2D eigenvalue weighted by Crippen LogP contribution is 2.18. The maximum absolute atomic E-state index is 13.6. The summed E-state index contributed by atoms with van der Waals surface area (Å²) in [6.07, 6.45) is 2.89. The van der Waals surface area contributed by atoms with Gasteiger partial charge in [-0.25, -0.2) is 4.39 Å². The minimum Gasteiger partial charge on any atom is -0.355 e. The number of hydrogen-bond donors (Lipinski definition) is 1. The van der Waals surface area contributed by atoms with E-state index in [9.17, 15) is 9.18 Å². The molecule has 2 aromatic heterocycles. The third-order valence-corrected chi connectivity index (χ3v) is 4.47. The smallest absolute Gasteiger partial charge is 0.224 e. The van der Waals surface area contributed by atoms with Crippen LogP contribution < -0.4 is 10.2 Å². The van der Waals surface area contributed by atoms with Crippen molar-refractivity contribution in [2.45, 2.75) is 25.7 Å². The molecule has 0 aliphatic carbocycles. The van der Waals surface area contributed by atoms with Crippen molar-refractivity contribution in [3.63, 3.8) is 0 Å². The van der Waals surface area contributed by atoms with E-state index in [4.69, 9.17) is 0 Å². The number of aryl methyl sites for hydroxylation is 1. The summed E-state index contributed by atoms with van der Waals surface area (Å²) in [5.74, 6) is 0.782. The molecule has 0 unspecified atom stereocenters. The van der Waals surface area contributed by atoms with Crippen LogP contribution in [0.25, 0.3) is 5.65 Å². The molecule has 4 rings (SSSR count). The first-order valence-corrected chi connectivity index (χ1v) is 8.71. The molecule has 0 saturated carbocycles. The van der Waals surface area contributed by atoms with Crippen molar-refractivity contribution in [1.82, 2.24) is 19.8 Å². The van der Waals surface area contributed by atoms with Crippen LogP contribution in [0.15, 0.2) is 36.4 Å². The Morgan fingerprint density at radius 2 is 1.92 bits per heavy atom. The van der Waals surface area contributed by atoms with Gasteiger partial charge >= 0.3 is 0 Å². The lowest BCUT2D eigenvalue weighted by molar-refractivity contribution is -0.116. The van der Waals surface area contributed by atoms with E-state index in [2.05, 4.69) is 25.5 Å². The Labute approximate surface area is 149 Å². The molecule has 0 bridgehead atoms. The number of carbonyl (C=O) groups excluding carboxylic acids is 1. The van der Waals surface area contributed by atoms with Gasteiger partial charge in [0.2, 0.25) is 5.91 Å². The van der Waals surface area contributed by atoms with Crippen molar-refractivity contribution >= 4 is 23.1 Å². The van der Waals surface area contributed by atoms with Crippen molar-refractivity contribution in [2.75, 3.05) is 23.3 Å². The van der Waals surface area contributed by atoms with E-state index in [0.717, 1.165) is 18.9 Å². The predicted octanol–water partition coefficient (Wildman–Crippen LogP) is 2.43. The molecule has 3 heterocycles. The summed E-state index contributed by atoms with van der Waals surface area (Å²) in [6, 6.07) is 9.93. The summed E-state index contributed by atoms with van der Waals surface area (Å²) in [4.78, 5) is 14.3. The number of nitrogens with zero attached hydrogens (tertiary/aromatic N) is 5. The van der Waals surface area contributed by atoms with Gasteiger partial charge in [0.15, 0.2) is 11.5 Å². The average Bonchev–Trinajstić information content (AvgIpc) is 3.31. The van der Waals surface area contributed by atoms with E-state index in [1.165, 1.54) is 25.0 Å². The van der Waals surface area contributed by atoms with E-state index in [0.29, 0.717) is 17.9 Å². The number of fused-ring (bicyclic) bond motifs is 1. The molecule has 1 aromatic carbocycles. The second-order valence-corrected chi connectivity index (χ2v) is 6.30. The third-order valence-electron chi connectivity index (χ3n) is 4.47. The number of aromatic nitrogens is 4. The summed E-state index contributed by atoms with van der Waals surface area (Å²) in [6.45, 7) is 2.00. The summed E-state index contributed by atoms with van der Waals surface area (Å²) in [5.41, 5.74) is 0.829. The molecular formula is C18H19FN6O. The number of halogens is 1. The second kappa shape index (κ2) is 7.07. The van der Waals surface area contributed by atoms with Crippen LogP contribution in [0.1, 0.15) is 25.1 Å². The lowest BCUT2D eigenvalue weighted by Gasteiger charge is -2.15. The average molecular weight is 354 g/mol. The molecule has 26 heavy (non-hydrogen) atoms. The molecule has 1 saturated heterocycles. The second-order valence-electron chi connectivity index (χ2n) is 6.30. The number of carbonyl (C=O) groups is 1. The van der Waals surface area contributed by atoms with Crippen LogP contribution in [0.3, 0.4) is 0 Å². The highest BCUT2D eigenvalue weighted by atomic mass is 19.1. The molecule has 0 spiro atoms. The minimum atomic E-state index is -0.453. The van der Waals surface area contributed by atoms with E-state index in [1.807, 2.05) is 12.1 Å². The van der Waals surface area contributed by atoms with Crippen molar-refractivity contribution in [3.8, 4) is 0 Å². The van der Waals surface area contributed by atoms with Crippen LogP contribution in [-0.2, 0) is 11.2 Å². The van der Waals surface area contributed by atoms with Gasteiger partial charge in [-0.1, -0.05) is 12.1 Å². The molecule has 0 radical (unpaired) electrons. The molecule has 1 aliphatic rings. The lowest BCUT2D eigenvalue weighted by Crippen LogP contribution is -2.20. The maximum atomic E-state index is 13.6. The molecule has 1 fully saturated rings. The van der Waals surface area contributed by atoms with Crippen LogP contribution >= 0.6 is 0 Å². The van der Waals surface area contributed by atoms with Gasteiger partial charge in [0.1, 0.15) is 11.6 Å². The van der Waals surface area contributed by atoms with Gasteiger partial charge in [0, 0.05) is 25.9 Å². The number of anilines is 2. The Hall–Kier alpha value is -3.03. The third kappa shape index (κ3) is 3.35. The number of hydrogen-bond acceptors (Lipinski definition) is 5. The standard InChI is InChI=1S/C18H19FN6O/c19-13-5-1-2-6-14(13)20-18(26)10-9-16-22-21-15-7-8-17(23-25(15)16)24-11-3-4-12-24/h1-2,5-8H,3-4,9-12H2,(H,20,26). The molecule has 1 N–H and O–H groups in total. The van der Waals surface area contributed by atoms with Gasteiger partial charge in [-0.15, -0.1) is 15.3 Å². The lowest BCUT2D eigenvalue weighted by atomic mass is 10.2. The highest BCUT2D eigenvalue weighted by molar-refractivity contribution is 5.90. The fraction of sp³-hybridized carbons (Fsp3) is 0.333. The number of benzene rings is 1. The van der Waals surface area contributed by atoms with Gasteiger partial charge in [-0.2, -0.15) is 4.52 Å². The Balaban J connectivity index is 1.46. The fourth-order valence-corrected chi connectivity index (χ4v) is 3.10. The van der Waals surface area contributed by atoms with Gasteiger partial charge < -0.3 is 10.2 Å². The molecule has 8 heteroatoms. The van der Waals surface area contributed by atoms with Crippen molar-refractivity contribution in [2.24, 2.45) is 0 Å². The van der Waals surface area contributed by atoms with E-state index >= 15 is 0 Å². The van der Waals surface area contributed by atoms with Gasteiger partial charge in [0.25, 0.3) is 0 Å².